The van der Waals surface area contributed by atoms with Gasteiger partial charge in [-0.05, 0) is 76.4 Å². The Labute approximate surface area is 116 Å². The fraction of sp³-hybridized carbons (Fsp3) is 1.00. The second kappa shape index (κ2) is 7.02. The molecule has 0 amide bonds. The average Bonchev–Trinajstić information content (AvgIpc) is 2.15. The molecule has 0 aromatic rings. The van der Waals surface area contributed by atoms with E-state index in [-0.39, 0.29) is 0 Å². The summed E-state index contributed by atoms with van der Waals surface area (Å²) in [5.41, 5.74) is 0. The number of nitrogens with zero attached hydrogens (tertiary/aromatic N) is 5. The summed E-state index contributed by atoms with van der Waals surface area (Å²) in [6.07, 6.45) is 0. The Hall–Kier alpha value is 0.0818. The van der Waals surface area contributed by atoms with Crippen molar-refractivity contribution in [3.63, 3.8) is 0 Å². The maximum Gasteiger partial charge on any atom is 0.311 e. The minimum Gasteiger partial charge on any atom is -0.334 e. The highest BCUT2D eigenvalue weighted by atomic mass is 28.4. The van der Waals surface area contributed by atoms with E-state index in [9.17, 15) is 0 Å². The van der Waals surface area contributed by atoms with E-state index in [2.05, 4.69) is 93.8 Å². The minimum absolute atomic E-state index is 0.448. The molecule has 0 saturated carbocycles. The van der Waals surface area contributed by atoms with Crippen LogP contribution in [-0.2, 0) is 0 Å². The molecule has 0 rings (SSSR count). The zero-order valence-electron chi connectivity index (χ0n) is 14.0. The second-order valence-corrected chi connectivity index (χ2v) is 10.7. The molecule has 0 aliphatic rings. The molecule has 0 atom stereocenters. The van der Waals surface area contributed by atoms with Crippen molar-refractivity contribution in [2.75, 3.05) is 70.5 Å². The molecule has 18 heavy (non-hydrogen) atoms. The first-order valence-corrected chi connectivity index (χ1v) is 8.47. The van der Waals surface area contributed by atoms with Crippen LogP contribution in [0, 0.1) is 0 Å². The predicted octanol–water partition coefficient (Wildman–Crippen LogP) is -0.239. The lowest BCUT2D eigenvalue weighted by atomic mass is 9.76. The van der Waals surface area contributed by atoms with E-state index in [1.165, 1.54) is 0 Å². The lowest BCUT2D eigenvalue weighted by Crippen LogP contribution is -2.73. The van der Waals surface area contributed by atoms with Crippen molar-refractivity contribution in [2.24, 2.45) is 0 Å². The molecule has 0 fully saturated rings. The maximum atomic E-state index is 2.42. The van der Waals surface area contributed by atoms with E-state index in [1.54, 1.807) is 0 Å². The van der Waals surface area contributed by atoms with Gasteiger partial charge in [0.15, 0.2) is 0 Å². The van der Waals surface area contributed by atoms with Crippen LogP contribution in [0.15, 0.2) is 0 Å². The van der Waals surface area contributed by atoms with Gasteiger partial charge in [0.25, 0.3) is 8.56 Å². The number of hydrogen-bond acceptors (Lipinski definition) is 5. The molecule has 0 bridgehead atoms. The predicted molar refractivity (Wildman–Crippen MR) is 84.8 cm³/mol. The van der Waals surface area contributed by atoms with Gasteiger partial charge in [-0.15, -0.1) is 0 Å². The standard InChI is InChI=1S/C11H32BN5Si/c1-13(2)12(14(3)4)11-18(15(5)6,16(7)8)17(9)10/h11H2,1-10H3. The van der Waals surface area contributed by atoms with Crippen molar-refractivity contribution in [1.29, 1.82) is 0 Å². The van der Waals surface area contributed by atoms with E-state index in [1.807, 2.05) is 0 Å². The number of hydrogen-bond donors (Lipinski definition) is 0. The molecule has 7 heteroatoms. The van der Waals surface area contributed by atoms with Crippen molar-refractivity contribution in [3.05, 3.63) is 0 Å². The molecule has 0 unspecified atom stereocenters. The summed E-state index contributed by atoms with van der Waals surface area (Å²) in [5, 5.41) is 0. The first kappa shape index (κ1) is 18.1. The first-order chi connectivity index (χ1) is 8.07. The molecule has 5 nitrogen and oxygen atoms in total. The van der Waals surface area contributed by atoms with Crippen LogP contribution < -0.4 is 0 Å². The maximum absolute atomic E-state index is 2.42. The molecule has 0 aliphatic carbocycles. The van der Waals surface area contributed by atoms with Gasteiger partial charge in [-0.3, -0.25) is 0 Å². The fourth-order valence-corrected chi connectivity index (χ4v) is 7.54. The summed E-state index contributed by atoms with van der Waals surface area (Å²) in [7, 11) is 20.0. The lowest BCUT2D eigenvalue weighted by Gasteiger charge is -2.49. The molecule has 0 aliphatic heterocycles. The summed E-state index contributed by atoms with van der Waals surface area (Å²) in [5.74, 6) is 1.15. The van der Waals surface area contributed by atoms with E-state index in [4.69, 9.17) is 0 Å². The smallest absolute Gasteiger partial charge is 0.311 e. The number of rotatable bonds is 7. The quantitative estimate of drug-likeness (QED) is 0.593. The monoisotopic (exact) mass is 273 g/mol. The highest BCUT2D eigenvalue weighted by molar-refractivity contribution is 6.82. The SMILES string of the molecule is CN(C)B(C[Si](N(C)C)(N(C)C)N(C)C)N(C)C. The first-order valence-electron chi connectivity index (χ1n) is 6.42. The van der Waals surface area contributed by atoms with Gasteiger partial charge in [0, 0.05) is 0 Å². The molecule has 0 spiro atoms. The van der Waals surface area contributed by atoms with E-state index < -0.39 is 8.56 Å². The van der Waals surface area contributed by atoms with Crippen molar-refractivity contribution >= 4 is 15.5 Å². The van der Waals surface area contributed by atoms with Gasteiger partial charge >= 0.3 is 6.98 Å². The molecule has 0 radical (unpaired) electrons. The highest BCUT2D eigenvalue weighted by Gasteiger charge is 2.46. The van der Waals surface area contributed by atoms with Crippen LogP contribution in [0.4, 0.5) is 0 Å². The van der Waals surface area contributed by atoms with Crippen LogP contribution in [0.5, 0.6) is 0 Å². The van der Waals surface area contributed by atoms with E-state index in [0.717, 1.165) is 5.94 Å². The highest BCUT2D eigenvalue weighted by Crippen LogP contribution is 2.21. The van der Waals surface area contributed by atoms with E-state index >= 15 is 0 Å². The fourth-order valence-electron chi connectivity index (χ4n) is 2.82. The summed E-state index contributed by atoms with van der Waals surface area (Å²) >= 11 is 0. The van der Waals surface area contributed by atoms with Gasteiger partial charge in [-0.25, -0.2) is 0 Å². The molecular formula is C11H32BN5Si. The average molecular weight is 273 g/mol. The van der Waals surface area contributed by atoms with Crippen molar-refractivity contribution in [3.8, 4) is 0 Å². The van der Waals surface area contributed by atoms with Crippen molar-refractivity contribution in [2.45, 2.75) is 5.94 Å². The van der Waals surface area contributed by atoms with Gasteiger partial charge in [-0.1, -0.05) is 0 Å². The summed E-state index contributed by atoms with van der Waals surface area (Å²) in [6, 6.07) is 0. The van der Waals surface area contributed by atoms with Gasteiger partial charge in [-0.2, -0.15) is 0 Å². The van der Waals surface area contributed by atoms with Crippen LogP contribution in [0.2, 0.25) is 5.94 Å². The topological polar surface area (TPSA) is 16.2 Å². The Kier molecular flexibility index (Phi) is 7.05. The van der Waals surface area contributed by atoms with Crippen LogP contribution in [0.25, 0.3) is 0 Å². The Morgan fingerprint density at radius 3 is 1.06 bits per heavy atom. The minimum atomic E-state index is -1.80. The van der Waals surface area contributed by atoms with Crippen molar-refractivity contribution < 1.29 is 0 Å². The van der Waals surface area contributed by atoms with Gasteiger partial charge in [0.2, 0.25) is 0 Å². The second-order valence-electron chi connectivity index (χ2n) is 6.07. The van der Waals surface area contributed by atoms with Crippen LogP contribution in [-0.4, -0.2) is 109 Å². The third-order valence-corrected chi connectivity index (χ3v) is 9.01. The molecule has 108 valence electrons. The summed E-state index contributed by atoms with van der Waals surface area (Å²) in [4.78, 5) is 4.61. The summed E-state index contributed by atoms with van der Waals surface area (Å²) in [6.45, 7) is 0.448. The van der Waals surface area contributed by atoms with Crippen LogP contribution in [0.1, 0.15) is 0 Å². The zero-order valence-corrected chi connectivity index (χ0v) is 15.0. The Morgan fingerprint density at radius 1 is 0.611 bits per heavy atom. The van der Waals surface area contributed by atoms with Crippen LogP contribution >= 0.6 is 0 Å². The molecule has 0 heterocycles. The summed E-state index contributed by atoms with van der Waals surface area (Å²) < 4.78 is 7.27. The van der Waals surface area contributed by atoms with Gasteiger partial charge in [0.05, 0.1) is 0 Å². The lowest BCUT2D eigenvalue weighted by molar-refractivity contribution is 0.378. The third-order valence-electron chi connectivity index (χ3n) is 3.80. The van der Waals surface area contributed by atoms with E-state index in [0.29, 0.717) is 6.98 Å². The molecule has 0 aromatic carbocycles. The third kappa shape index (κ3) is 3.79. The molecule has 0 aromatic heterocycles. The Bertz CT molecular complexity index is 216. The normalized spacial score (nSPS) is 13.5. The Morgan fingerprint density at radius 2 is 0.889 bits per heavy atom. The largest absolute Gasteiger partial charge is 0.334 e. The molecule has 0 N–H and O–H groups in total. The molecular weight excluding hydrogens is 241 g/mol. The van der Waals surface area contributed by atoms with Crippen LogP contribution in [0.3, 0.4) is 0 Å². The van der Waals surface area contributed by atoms with Gasteiger partial charge in [0.1, 0.15) is 0 Å². The molecule has 0 saturated heterocycles. The Balaban J connectivity index is 5.33. The van der Waals surface area contributed by atoms with Gasteiger partial charge < -0.3 is 23.3 Å². The zero-order chi connectivity index (χ0) is 14.7. The van der Waals surface area contributed by atoms with Crippen molar-refractivity contribution in [1.82, 2.24) is 23.3 Å².